The van der Waals surface area contributed by atoms with Crippen molar-refractivity contribution in [2.75, 3.05) is 14.1 Å². The summed E-state index contributed by atoms with van der Waals surface area (Å²) in [6.45, 7) is 0. The molecule has 1 aliphatic rings. The van der Waals surface area contributed by atoms with Crippen molar-refractivity contribution >= 4 is 24.3 Å². The first-order valence-corrected chi connectivity index (χ1v) is 3.31. The number of aliphatic imine (C=N–C) groups is 1. The molecule has 62 valence electrons. The zero-order valence-corrected chi connectivity index (χ0v) is 6.85. The third-order valence-electron chi connectivity index (χ3n) is 1.52. The van der Waals surface area contributed by atoms with Gasteiger partial charge in [0, 0.05) is 0 Å². The van der Waals surface area contributed by atoms with E-state index in [1.807, 2.05) is 0 Å². The van der Waals surface area contributed by atoms with E-state index in [0.717, 1.165) is 0 Å². The van der Waals surface area contributed by atoms with Crippen molar-refractivity contribution in [3.05, 3.63) is 11.0 Å². The molecule has 12 heavy (non-hydrogen) atoms. The van der Waals surface area contributed by atoms with Crippen LogP contribution in [-0.4, -0.2) is 43.0 Å². The Morgan fingerprint density at radius 3 is 2.75 bits per heavy atom. The van der Waals surface area contributed by atoms with Crippen LogP contribution in [0.5, 0.6) is 0 Å². The predicted molar refractivity (Wildman–Crippen MR) is 46.0 cm³/mol. The van der Waals surface area contributed by atoms with Crippen LogP contribution in [0, 0.1) is 0 Å². The molecule has 0 radical (unpaired) electrons. The number of quaternary nitrogens is 1. The largest absolute Gasteiger partial charge is 0.762 e. The molecule has 0 saturated heterocycles. The smallest absolute Gasteiger partial charge is 0.272 e. The molecule has 0 aromatic rings. The van der Waals surface area contributed by atoms with Crippen molar-refractivity contribution in [3.63, 3.8) is 0 Å². The Labute approximate surface area is 69.8 Å². The second-order valence-electron chi connectivity index (χ2n) is 2.72. The number of nitrogens with zero attached hydrogens (tertiary/aromatic N) is 4. The molecule has 0 saturated carbocycles. The van der Waals surface area contributed by atoms with Gasteiger partial charge in [0.2, 0.25) is 0 Å². The van der Waals surface area contributed by atoms with Gasteiger partial charge in [0.05, 0.1) is 14.1 Å². The van der Waals surface area contributed by atoms with Crippen LogP contribution in [0.1, 0.15) is 0 Å². The van der Waals surface area contributed by atoms with E-state index in [2.05, 4.69) is 10.1 Å². The Balaban J connectivity index is 3.08. The fourth-order valence-electron chi connectivity index (χ4n) is 0.899. The number of carbonyl (C=O) groups is 1. The zero-order valence-electron chi connectivity index (χ0n) is 6.85. The van der Waals surface area contributed by atoms with Crippen LogP contribution < -0.4 is 0 Å². The van der Waals surface area contributed by atoms with Gasteiger partial charge in [-0.2, -0.15) is 9.58 Å². The Morgan fingerprint density at radius 1 is 1.75 bits per heavy atom. The fourth-order valence-corrected chi connectivity index (χ4v) is 0.899. The molecule has 1 heterocycles. The second kappa shape index (κ2) is 2.81. The summed E-state index contributed by atoms with van der Waals surface area (Å²) in [5, 5.41) is 12.5. The summed E-state index contributed by atoms with van der Waals surface area (Å²) in [7, 11) is 3.48. The normalized spacial score (nSPS) is 18.3. The van der Waals surface area contributed by atoms with Crippen molar-refractivity contribution in [1.29, 1.82) is 0 Å². The minimum Gasteiger partial charge on any atom is -0.762 e. The molecule has 0 aromatic carbocycles. The van der Waals surface area contributed by atoms with E-state index in [-0.39, 0.29) is 10.2 Å². The maximum Gasteiger partial charge on any atom is 0.272 e. The quantitative estimate of drug-likeness (QED) is 0.241. The lowest BCUT2D eigenvalue weighted by atomic mass is 10.3. The summed E-state index contributed by atoms with van der Waals surface area (Å²) in [4.78, 5) is 14.2. The third kappa shape index (κ3) is 1.23. The minimum absolute atomic E-state index is 0.0255. The van der Waals surface area contributed by atoms with Gasteiger partial charge in [0.15, 0.2) is 12.6 Å². The van der Waals surface area contributed by atoms with Crippen LogP contribution in [-0.2, 0) is 4.79 Å². The number of rotatable bonds is 2. The lowest BCUT2D eigenvalue weighted by molar-refractivity contribution is -0.802. The van der Waals surface area contributed by atoms with Gasteiger partial charge in [-0.1, -0.05) is 5.10 Å². The van der Waals surface area contributed by atoms with Crippen LogP contribution in [0.3, 0.4) is 0 Å². The van der Waals surface area contributed by atoms with Gasteiger partial charge in [-0.3, -0.25) is 10.7 Å². The Morgan fingerprint density at radius 2 is 2.42 bits per heavy atom. The summed E-state index contributed by atoms with van der Waals surface area (Å²) in [5.41, 5.74) is 0.0255. The lowest BCUT2D eigenvalue weighted by Crippen LogP contribution is -2.39. The van der Waals surface area contributed by atoms with E-state index in [0.29, 0.717) is 12.1 Å². The molecule has 0 N–H and O–H groups in total. The van der Waals surface area contributed by atoms with Crippen molar-refractivity contribution < 1.29 is 9.39 Å². The Hall–Kier alpha value is -1.58. The Bertz CT molecular complexity index is 320. The summed E-state index contributed by atoms with van der Waals surface area (Å²) in [6.07, 6.45) is 1.84. The SMILES string of the molecule is C[N+]1(C)N=CN=C1C(=C=[N-])C=O. The molecule has 0 amide bonds. The standard InChI is InChI=1S/C7H8N4O/c1-11(2)7(9-5-10-11)6(3-8)4-12/h4-5H,1-2H3. The van der Waals surface area contributed by atoms with E-state index in [4.69, 9.17) is 5.41 Å². The topological polar surface area (TPSA) is 64.1 Å². The average Bonchev–Trinajstić information content (AvgIpc) is 2.34. The molecule has 0 spiro atoms. The van der Waals surface area contributed by atoms with E-state index < -0.39 is 0 Å². The molecule has 0 bridgehead atoms. The van der Waals surface area contributed by atoms with Gasteiger partial charge in [-0.15, -0.1) is 0 Å². The number of carbonyl (C=O) groups excluding carboxylic acids is 1. The zero-order chi connectivity index (χ0) is 9.19. The molecule has 1 aliphatic heterocycles. The molecule has 1 rings (SSSR count). The van der Waals surface area contributed by atoms with Crippen molar-refractivity contribution in [2.45, 2.75) is 0 Å². The second-order valence-corrected chi connectivity index (χ2v) is 2.72. The van der Waals surface area contributed by atoms with Crippen molar-refractivity contribution in [3.8, 4) is 0 Å². The van der Waals surface area contributed by atoms with Gasteiger partial charge in [-0.25, -0.2) is 0 Å². The van der Waals surface area contributed by atoms with Gasteiger partial charge in [0.25, 0.3) is 5.84 Å². The Kier molecular flexibility index (Phi) is 1.99. The van der Waals surface area contributed by atoms with Crippen molar-refractivity contribution in [1.82, 2.24) is 0 Å². The molecule has 0 unspecified atom stereocenters. The molecular formula is C7H8N4O. The lowest BCUT2D eigenvalue weighted by Gasteiger charge is -2.17. The number of aldehydes is 1. The predicted octanol–water partition coefficient (Wildman–Crippen LogP) is -0.217. The first kappa shape index (κ1) is 8.52. The third-order valence-corrected chi connectivity index (χ3v) is 1.52. The maximum absolute atomic E-state index is 10.4. The van der Waals surface area contributed by atoms with Crippen molar-refractivity contribution in [2.24, 2.45) is 10.1 Å². The summed E-state index contributed by atoms with van der Waals surface area (Å²) in [5.74, 6) is 2.15. The first-order valence-electron chi connectivity index (χ1n) is 3.31. The fraction of sp³-hybridized carbons (Fsp3) is 0.286. The molecule has 5 nitrogen and oxygen atoms in total. The van der Waals surface area contributed by atoms with E-state index >= 15 is 0 Å². The number of amidine groups is 1. The highest BCUT2D eigenvalue weighted by Crippen LogP contribution is 2.10. The number of hydrogen-bond donors (Lipinski definition) is 0. The van der Waals surface area contributed by atoms with E-state index in [1.165, 1.54) is 6.34 Å². The monoisotopic (exact) mass is 164 g/mol. The van der Waals surface area contributed by atoms with Crippen LogP contribution in [0.2, 0.25) is 0 Å². The summed E-state index contributed by atoms with van der Waals surface area (Å²) in [6, 6.07) is 0. The van der Waals surface area contributed by atoms with Gasteiger partial charge in [0.1, 0.15) is 5.57 Å². The average molecular weight is 164 g/mol. The molecule has 5 heteroatoms. The summed E-state index contributed by atoms with van der Waals surface area (Å²) < 4.78 is 0.0988. The van der Waals surface area contributed by atoms with Gasteiger partial charge >= 0.3 is 0 Å². The van der Waals surface area contributed by atoms with Crippen LogP contribution in [0.25, 0.3) is 5.41 Å². The highest BCUT2D eigenvalue weighted by Gasteiger charge is 2.30. The summed E-state index contributed by atoms with van der Waals surface area (Å²) >= 11 is 0. The number of likely N-dealkylation sites (N-methyl/N-ethyl adjacent to an activating group) is 1. The molecular weight excluding hydrogens is 156 g/mol. The molecule has 0 atom stereocenters. The van der Waals surface area contributed by atoms with E-state index in [9.17, 15) is 4.79 Å². The number of hydrogen-bond acceptors (Lipinski definition) is 3. The van der Waals surface area contributed by atoms with Crippen LogP contribution in [0.15, 0.2) is 15.7 Å². The van der Waals surface area contributed by atoms with Crippen LogP contribution in [0.4, 0.5) is 0 Å². The highest BCUT2D eigenvalue weighted by atomic mass is 16.1. The van der Waals surface area contributed by atoms with E-state index in [1.54, 1.807) is 20.0 Å². The first-order chi connectivity index (χ1) is 5.61. The van der Waals surface area contributed by atoms with Gasteiger partial charge < -0.3 is 5.41 Å². The minimum atomic E-state index is 0.0255. The molecule has 0 aromatic heterocycles. The molecule has 0 fully saturated rings. The molecule has 0 aliphatic carbocycles. The van der Waals surface area contributed by atoms with Crippen LogP contribution >= 0.6 is 0 Å². The highest BCUT2D eigenvalue weighted by molar-refractivity contribution is 6.19. The maximum atomic E-state index is 10.4. The van der Waals surface area contributed by atoms with Gasteiger partial charge in [-0.05, 0) is 0 Å².